The monoisotopic (exact) mass is 342 g/mol. The van der Waals surface area contributed by atoms with Crippen LogP contribution in [-0.2, 0) is 13.0 Å². The lowest BCUT2D eigenvalue weighted by molar-refractivity contribution is -0.385. The highest BCUT2D eigenvalue weighted by molar-refractivity contribution is 5.95. The van der Waals surface area contributed by atoms with Crippen molar-refractivity contribution in [1.29, 1.82) is 0 Å². The molecule has 0 saturated carbocycles. The minimum Gasteiger partial charge on any atom is -0.502 e. The Morgan fingerprint density at radius 2 is 2.08 bits per heavy atom. The van der Waals surface area contributed by atoms with E-state index in [0.717, 1.165) is 17.4 Å². The van der Waals surface area contributed by atoms with Gasteiger partial charge in [0.1, 0.15) is 5.75 Å². The largest absolute Gasteiger partial charge is 0.502 e. The summed E-state index contributed by atoms with van der Waals surface area (Å²) in [6.45, 7) is 3.43. The van der Waals surface area contributed by atoms with Gasteiger partial charge in [-0.1, -0.05) is 6.07 Å². The fourth-order valence-corrected chi connectivity index (χ4v) is 2.95. The van der Waals surface area contributed by atoms with E-state index in [9.17, 15) is 20.0 Å². The van der Waals surface area contributed by atoms with Gasteiger partial charge in [0.15, 0.2) is 5.75 Å². The minimum atomic E-state index is -0.702. The number of carbonyl (C=O) groups is 1. The first-order valence-electron chi connectivity index (χ1n) is 8.01. The van der Waals surface area contributed by atoms with Crippen LogP contribution in [0.3, 0.4) is 0 Å². The number of carbonyl (C=O) groups excluding carboxylic acids is 1. The molecular weight excluding hydrogens is 324 g/mol. The SMILES string of the molecule is CCOc1ccc2c(c1)CN(C(=O)c1ccc(O)c([N+](=O)[O-])c1)CC2. The van der Waals surface area contributed by atoms with Crippen LogP contribution in [0.15, 0.2) is 36.4 Å². The number of fused-ring (bicyclic) bond motifs is 1. The van der Waals surface area contributed by atoms with Crippen LogP contribution in [-0.4, -0.2) is 34.0 Å². The smallest absolute Gasteiger partial charge is 0.311 e. The summed E-state index contributed by atoms with van der Waals surface area (Å²) in [6.07, 6.45) is 0.716. The maximum Gasteiger partial charge on any atom is 0.311 e. The predicted octanol–water partition coefficient (Wildman–Crippen LogP) is 2.90. The van der Waals surface area contributed by atoms with Crippen molar-refractivity contribution in [2.75, 3.05) is 13.2 Å². The summed E-state index contributed by atoms with van der Waals surface area (Å²) in [5, 5.41) is 20.5. The van der Waals surface area contributed by atoms with E-state index in [-0.39, 0.29) is 11.5 Å². The van der Waals surface area contributed by atoms with E-state index < -0.39 is 16.4 Å². The zero-order chi connectivity index (χ0) is 18.0. The summed E-state index contributed by atoms with van der Waals surface area (Å²) in [7, 11) is 0. The van der Waals surface area contributed by atoms with Crippen molar-refractivity contribution < 1.29 is 19.6 Å². The lowest BCUT2D eigenvalue weighted by Gasteiger charge is -2.29. The molecule has 1 N–H and O–H groups in total. The standard InChI is InChI=1S/C18H18N2O5/c1-2-25-15-5-3-12-7-8-19(11-14(12)9-15)18(22)13-4-6-17(21)16(10-13)20(23)24/h3-6,9-10,21H,2,7-8,11H2,1H3. The molecule has 1 aliphatic heterocycles. The molecule has 7 nitrogen and oxygen atoms in total. The second-order valence-corrected chi connectivity index (χ2v) is 5.80. The number of hydrogen-bond donors (Lipinski definition) is 1. The van der Waals surface area contributed by atoms with Crippen molar-refractivity contribution >= 4 is 11.6 Å². The fraction of sp³-hybridized carbons (Fsp3) is 0.278. The van der Waals surface area contributed by atoms with Crippen LogP contribution in [0.4, 0.5) is 5.69 Å². The topological polar surface area (TPSA) is 92.9 Å². The molecule has 130 valence electrons. The quantitative estimate of drug-likeness (QED) is 0.681. The number of nitro groups is 1. The van der Waals surface area contributed by atoms with Crippen molar-refractivity contribution in [3.8, 4) is 11.5 Å². The van der Waals surface area contributed by atoms with Gasteiger partial charge >= 0.3 is 5.69 Å². The molecule has 2 aromatic rings. The van der Waals surface area contributed by atoms with Crippen molar-refractivity contribution in [2.45, 2.75) is 19.9 Å². The van der Waals surface area contributed by atoms with Gasteiger partial charge in [-0.3, -0.25) is 14.9 Å². The Labute approximate surface area is 144 Å². The summed E-state index contributed by atoms with van der Waals surface area (Å²) >= 11 is 0. The minimum absolute atomic E-state index is 0.189. The van der Waals surface area contributed by atoms with Crippen LogP contribution in [0, 0.1) is 10.1 Å². The molecule has 0 atom stereocenters. The highest BCUT2D eigenvalue weighted by Gasteiger charge is 2.24. The van der Waals surface area contributed by atoms with Gasteiger partial charge in [-0.15, -0.1) is 0 Å². The summed E-state index contributed by atoms with van der Waals surface area (Å²) in [6, 6.07) is 9.55. The predicted molar refractivity (Wildman–Crippen MR) is 90.8 cm³/mol. The molecular formula is C18H18N2O5. The number of amides is 1. The molecule has 0 bridgehead atoms. The van der Waals surface area contributed by atoms with E-state index in [0.29, 0.717) is 26.1 Å². The highest BCUT2D eigenvalue weighted by atomic mass is 16.6. The fourth-order valence-electron chi connectivity index (χ4n) is 2.95. The first-order valence-corrected chi connectivity index (χ1v) is 8.01. The average molecular weight is 342 g/mol. The molecule has 0 unspecified atom stereocenters. The summed E-state index contributed by atoms with van der Waals surface area (Å²) < 4.78 is 5.50. The third-order valence-corrected chi connectivity index (χ3v) is 4.21. The Balaban J connectivity index is 1.84. The molecule has 1 aliphatic rings. The number of phenolic OH excluding ortho intramolecular Hbond substituents is 1. The summed E-state index contributed by atoms with van der Waals surface area (Å²) in [5.74, 6) is 0.0123. The Morgan fingerprint density at radius 3 is 2.80 bits per heavy atom. The third kappa shape index (κ3) is 3.40. The normalized spacial score (nSPS) is 13.2. The number of hydrogen-bond acceptors (Lipinski definition) is 5. The van der Waals surface area contributed by atoms with Gasteiger partial charge in [0.05, 0.1) is 11.5 Å². The molecule has 2 aromatic carbocycles. The van der Waals surface area contributed by atoms with Crippen LogP contribution in [0.1, 0.15) is 28.4 Å². The molecule has 0 aliphatic carbocycles. The van der Waals surface area contributed by atoms with Crippen LogP contribution in [0.25, 0.3) is 0 Å². The van der Waals surface area contributed by atoms with Gasteiger partial charge in [0, 0.05) is 24.7 Å². The first-order chi connectivity index (χ1) is 12.0. The summed E-state index contributed by atoms with van der Waals surface area (Å²) in [5.41, 5.74) is 1.90. The highest BCUT2D eigenvalue weighted by Crippen LogP contribution is 2.29. The van der Waals surface area contributed by atoms with Gasteiger partial charge in [0.25, 0.3) is 5.91 Å². The lowest BCUT2D eigenvalue weighted by Crippen LogP contribution is -2.36. The second kappa shape index (κ2) is 6.80. The number of benzene rings is 2. The zero-order valence-corrected chi connectivity index (χ0v) is 13.8. The first kappa shape index (κ1) is 16.8. The zero-order valence-electron chi connectivity index (χ0n) is 13.8. The van der Waals surface area contributed by atoms with E-state index in [2.05, 4.69) is 0 Å². The van der Waals surface area contributed by atoms with Crippen molar-refractivity contribution in [3.63, 3.8) is 0 Å². The number of aromatic hydroxyl groups is 1. The number of rotatable bonds is 4. The Hall–Kier alpha value is -3.09. The molecule has 3 rings (SSSR count). The van der Waals surface area contributed by atoms with Gasteiger partial charge in [-0.25, -0.2) is 0 Å². The molecule has 0 fully saturated rings. The molecule has 0 aromatic heterocycles. The summed E-state index contributed by atoms with van der Waals surface area (Å²) in [4.78, 5) is 24.6. The lowest BCUT2D eigenvalue weighted by atomic mass is 9.98. The number of nitrogens with zero attached hydrogens (tertiary/aromatic N) is 2. The Morgan fingerprint density at radius 1 is 1.28 bits per heavy atom. The Bertz CT molecular complexity index is 834. The third-order valence-electron chi connectivity index (χ3n) is 4.21. The van der Waals surface area contributed by atoms with E-state index in [1.165, 1.54) is 17.7 Å². The van der Waals surface area contributed by atoms with E-state index in [1.54, 1.807) is 4.90 Å². The van der Waals surface area contributed by atoms with Gasteiger partial charge in [-0.05, 0) is 48.7 Å². The van der Waals surface area contributed by atoms with Crippen LogP contribution < -0.4 is 4.74 Å². The molecule has 1 amide bonds. The molecule has 0 saturated heterocycles. The van der Waals surface area contributed by atoms with Crippen LogP contribution >= 0.6 is 0 Å². The number of nitro benzene ring substituents is 1. The van der Waals surface area contributed by atoms with Gasteiger partial charge in [-0.2, -0.15) is 0 Å². The van der Waals surface area contributed by atoms with Crippen molar-refractivity contribution in [1.82, 2.24) is 4.90 Å². The molecule has 25 heavy (non-hydrogen) atoms. The molecule has 0 radical (unpaired) electrons. The number of phenols is 1. The van der Waals surface area contributed by atoms with Gasteiger partial charge < -0.3 is 14.7 Å². The maximum atomic E-state index is 12.7. The molecule has 1 heterocycles. The van der Waals surface area contributed by atoms with E-state index in [4.69, 9.17) is 4.74 Å². The molecule has 0 spiro atoms. The maximum absolute atomic E-state index is 12.7. The number of ether oxygens (including phenoxy) is 1. The van der Waals surface area contributed by atoms with Gasteiger partial charge in [0.2, 0.25) is 0 Å². The van der Waals surface area contributed by atoms with Crippen LogP contribution in [0.2, 0.25) is 0 Å². The van der Waals surface area contributed by atoms with E-state index in [1.807, 2.05) is 25.1 Å². The van der Waals surface area contributed by atoms with Crippen LogP contribution in [0.5, 0.6) is 11.5 Å². The van der Waals surface area contributed by atoms with E-state index >= 15 is 0 Å². The molecule has 7 heteroatoms. The Kier molecular flexibility index (Phi) is 4.56. The van der Waals surface area contributed by atoms with Crippen molar-refractivity contribution in [2.24, 2.45) is 0 Å². The van der Waals surface area contributed by atoms with Crippen molar-refractivity contribution in [3.05, 3.63) is 63.2 Å². The second-order valence-electron chi connectivity index (χ2n) is 5.80. The average Bonchev–Trinajstić information content (AvgIpc) is 2.61.